The summed E-state index contributed by atoms with van der Waals surface area (Å²) >= 11 is 0. The van der Waals surface area contributed by atoms with Gasteiger partial charge in [0.15, 0.2) is 0 Å². The smallest absolute Gasteiger partial charge is 0.231 e. The average molecular weight is 274 g/mol. The first kappa shape index (κ1) is 15.0. The van der Waals surface area contributed by atoms with Crippen molar-refractivity contribution in [3.63, 3.8) is 0 Å². The van der Waals surface area contributed by atoms with Crippen molar-refractivity contribution in [1.29, 1.82) is 0 Å². The van der Waals surface area contributed by atoms with Crippen molar-refractivity contribution in [3.05, 3.63) is 29.8 Å². The predicted molar refractivity (Wildman–Crippen MR) is 84.0 cm³/mol. The van der Waals surface area contributed by atoms with Gasteiger partial charge in [-0.25, -0.2) is 0 Å². The van der Waals surface area contributed by atoms with Gasteiger partial charge in [0.05, 0.1) is 5.41 Å². The van der Waals surface area contributed by atoms with Gasteiger partial charge in [0.1, 0.15) is 0 Å². The van der Waals surface area contributed by atoms with Crippen molar-refractivity contribution in [2.75, 3.05) is 18.4 Å². The zero-order valence-electron chi connectivity index (χ0n) is 12.8. The molecule has 1 amide bonds. The molecule has 0 aliphatic carbocycles. The van der Waals surface area contributed by atoms with Gasteiger partial charge in [-0.2, -0.15) is 0 Å². The van der Waals surface area contributed by atoms with Crippen LogP contribution in [0.2, 0.25) is 0 Å². The third-order valence-electron chi connectivity index (χ3n) is 4.29. The molecule has 1 aliphatic heterocycles. The number of carbonyl (C=O) groups excluding carboxylic acids is 1. The van der Waals surface area contributed by atoms with Crippen LogP contribution in [-0.4, -0.2) is 19.0 Å². The highest BCUT2D eigenvalue weighted by atomic mass is 16.2. The molecule has 1 heterocycles. The van der Waals surface area contributed by atoms with Crippen molar-refractivity contribution >= 4 is 11.6 Å². The van der Waals surface area contributed by atoms with E-state index in [1.54, 1.807) is 0 Å². The first-order chi connectivity index (χ1) is 9.57. The zero-order valence-corrected chi connectivity index (χ0v) is 12.8. The van der Waals surface area contributed by atoms with E-state index in [1.807, 2.05) is 12.1 Å². The predicted octanol–water partition coefficient (Wildman–Crippen LogP) is 3.53. The fraction of sp³-hybridized carbons (Fsp3) is 0.588. The molecule has 20 heavy (non-hydrogen) atoms. The lowest BCUT2D eigenvalue weighted by molar-refractivity contribution is -0.125. The summed E-state index contributed by atoms with van der Waals surface area (Å²) in [6, 6.07) is 8.21. The molecule has 1 atom stereocenters. The number of anilines is 1. The molecule has 0 saturated carbocycles. The van der Waals surface area contributed by atoms with Crippen LogP contribution in [0.3, 0.4) is 0 Å². The van der Waals surface area contributed by atoms with E-state index in [2.05, 4.69) is 43.5 Å². The second-order valence-corrected chi connectivity index (χ2v) is 6.19. The second-order valence-electron chi connectivity index (χ2n) is 6.19. The Labute approximate surface area is 122 Å². The third kappa shape index (κ3) is 3.21. The fourth-order valence-electron chi connectivity index (χ4n) is 2.96. The van der Waals surface area contributed by atoms with Gasteiger partial charge < -0.3 is 10.6 Å². The van der Waals surface area contributed by atoms with Gasteiger partial charge in [-0.3, -0.25) is 4.79 Å². The summed E-state index contributed by atoms with van der Waals surface area (Å²) in [6.45, 7) is 8.24. The Balaban J connectivity index is 2.06. The van der Waals surface area contributed by atoms with E-state index >= 15 is 0 Å². The van der Waals surface area contributed by atoms with E-state index in [4.69, 9.17) is 0 Å². The Morgan fingerprint density at radius 1 is 1.35 bits per heavy atom. The van der Waals surface area contributed by atoms with Crippen molar-refractivity contribution in [2.45, 2.75) is 46.0 Å². The Morgan fingerprint density at radius 3 is 2.55 bits per heavy atom. The number of rotatable bonds is 5. The minimum Gasteiger partial charge on any atom is -0.326 e. The van der Waals surface area contributed by atoms with Gasteiger partial charge in [-0.1, -0.05) is 39.3 Å². The van der Waals surface area contributed by atoms with Crippen LogP contribution in [0.15, 0.2) is 24.3 Å². The normalized spacial score (nSPS) is 22.2. The molecule has 0 spiro atoms. The van der Waals surface area contributed by atoms with Crippen LogP contribution < -0.4 is 10.6 Å². The lowest BCUT2D eigenvalue weighted by Gasteiger charge is -2.26. The molecular weight excluding hydrogens is 248 g/mol. The first-order valence-corrected chi connectivity index (χ1v) is 7.69. The van der Waals surface area contributed by atoms with E-state index in [-0.39, 0.29) is 11.3 Å². The molecular formula is C17H26N2O. The summed E-state index contributed by atoms with van der Waals surface area (Å²) < 4.78 is 0. The van der Waals surface area contributed by atoms with E-state index < -0.39 is 0 Å². The minimum absolute atomic E-state index is 0.168. The highest BCUT2D eigenvalue weighted by molar-refractivity contribution is 5.95. The molecule has 2 rings (SSSR count). The van der Waals surface area contributed by atoms with Gasteiger partial charge in [-0.15, -0.1) is 0 Å². The fourth-order valence-corrected chi connectivity index (χ4v) is 2.96. The number of benzene rings is 1. The largest absolute Gasteiger partial charge is 0.326 e. The van der Waals surface area contributed by atoms with Gasteiger partial charge in [0, 0.05) is 12.2 Å². The summed E-state index contributed by atoms with van der Waals surface area (Å²) in [7, 11) is 0. The maximum atomic E-state index is 12.6. The first-order valence-electron chi connectivity index (χ1n) is 7.69. The summed E-state index contributed by atoms with van der Waals surface area (Å²) in [5.41, 5.74) is 1.99. The molecule has 1 unspecified atom stereocenters. The van der Waals surface area contributed by atoms with Crippen molar-refractivity contribution < 1.29 is 4.79 Å². The standard InChI is InChI=1S/C17H26N2O/c1-4-9-17(10-11-18-12-17)16(20)19-15-7-5-14(6-8-15)13(2)3/h5-8,13,18H,4,9-12H2,1-3H3,(H,19,20). The van der Waals surface area contributed by atoms with Crippen LogP contribution in [-0.2, 0) is 4.79 Å². The van der Waals surface area contributed by atoms with Crippen LogP contribution in [0.5, 0.6) is 0 Å². The molecule has 1 fully saturated rings. The number of carbonyl (C=O) groups is 1. The molecule has 0 radical (unpaired) electrons. The highest BCUT2D eigenvalue weighted by Crippen LogP contribution is 2.32. The Bertz CT molecular complexity index is 445. The SMILES string of the molecule is CCCC1(C(=O)Nc2ccc(C(C)C)cc2)CCNC1. The van der Waals surface area contributed by atoms with Gasteiger partial charge in [0.25, 0.3) is 0 Å². The maximum absolute atomic E-state index is 12.6. The van der Waals surface area contributed by atoms with E-state index in [0.717, 1.165) is 38.0 Å². The quantitative estimate of drug-likeness (QED) is 0.862. The van der Waals surface area contributed by atoms with Crippen molar-refractivity contribution in [1.82, 2.24) is 5.32 Å². The summed E-state index contributed by atoms with van der Waals surface area (Å²) in [5.74, 6) is 0.687. The molecule has 0 bridgehead atoms. The van der Waals surface area contributed by atoms with Crippen LogP contribution in [0, 0.1) is 5.41 Å². The molecule has 1 saturated heterocycles. The van der Waals surface area contributed by atoms with Crippen LogP contribution in [0.25, 0.3) is 0 Å². The van der Waals surface area contributed by atoms with Crippen LogP contribution in [0.4, 0.5) is 5.69 Å². The average Bonchev–Trinajstić information content (AvgIpc) is 2.89. The Morgan fingerprint density at radius 2 is 2.05 bits per heavy atom. The number of nitrogens with one attached hydrogen (secondary N) is 2. The lowest BCUT2D eigenvalue weighted by Crippen LogP contribution is -2.38. The topological polar surface area (TPSA) is 41.1 Å². The van der Waals surface area contributed by atoms with E-state index in [9.17, 15) is 4.79 Å². The molecule has 110 valence electrons. The van der Waals surface area contributed by atoms with Gasteiger partial charge in [-0.05, 0) is 43.0 Å². The van der Waals surface area contributed by atoms with Crippen LogP contribution in [0.1, 0.15) is 51.5 Å². The van der Waals surface area contributed by atoms with E-state index in [1.165, 1.54) is 5.56 Å². The van der Waals surface area contributed by atoms with Crippen LogP contribution >= 0.6 is 0 Å². The number of hydrogen-bond donors (Lipinski definition) is 2. The monoisotopic (exact) mass is 274 g/mol. The van der Waals surface area contributed by atoms with E-state index in [0.29, 0.717) is 5.92 Å². The van der Waals surface area contributed by atoms with Crippen molar-refractivity contribution in [3.8, 4) is 0 Å². The molecule has 1 aromatic rings. The Kier molecular flexibility index (Phi) is 4.81. The molecule has 1 aliphatic rings. The van der Waals surface area contributed by atoms with Gasteiger partial charge in [0.2, 0.25) is 5.91 Å². The minimum atomic E-state index is -0.217. The molecule has 0 aromatic heterocycles. The Hall–Kier alpha value is -1.35. The maximum Gasteiger partial charge on any atom is 0.231 e. The molecule has 1 aromatic carbocycles. The lowest BCUT2D eigenvalue weighted by atomic mass is 9.81. The number of hydrogen-bond acceptors (Lipinski definition) is 2. The van der Waals surface area contributed by atoms with Gasteiger partial charge >= 0.3 is 0 Å². The zero-order chi connectivity index (χ0) is 14.6. The number of amides is 1. The molecule has 3 heteroatoms. The summed E-state index contributed by atoms with van der Waals surface area (Å²) in [6.07, 6.45) is 2.94. The highest BCUT2D eigenvalue weighted by Gasteiger charge is 2.40. The second kappa shape index (κ2) is 6.40. The van der Waals surface area contributed by atoms with Crippen molar-refractivity contribution in [2.24, 2.45) is 5.41 Å². The molecule has 3 nitrogen and oxygen atoms in total. The third-order valence-corrected chi connectivity index (χ3v) is 4.29. The summed E-state index contributed by atoms with van der Waals surface area (Å²) in [5, 5.41) is 6.42. The molecule has 2 N–H and O–H groups in total. The summed E-state index contributed by atoms with van der Waals surface area (Å²) in [4.78, 5) is 12.6.